The van der Waals surface area contributed by atoms with Gasteiger partial charge in [-0.15, -0.1) is 0 Å². The molecule has 0 saturated heterocycles. The smallest absolute Gasteiger partial charge is 0.321 e. The largest absolute Gasteiger partial charge is 0.351 e. The fourth-order valence-corrected chi connectivity index (χ4v) is 1.07. The molecule has 0 fully saturated rings. The van der Waals surface area contributed by atoms with Crippen molar-refractivity contribution in [3.63, 3.8) is 0 Å². The molecule has 1 aromatic heterocycles. The van der Waals surface area contributed by atoms with Crippen molar-refractivity contribution in [2.24, 2.45) is 5.73 Å². The van der Waals surface area contributed by atoms with E-state index in [0.717, 1.165) is 10.6 Å². The Morgan fingerprint density at radius 2 is 2.20 bits per heavy atom. The minimum atomic E-state index is -0.735. The molecule has 0 aliphatic carbocycles. The monoisotopic (exact) mass is 207 g/mol. The highest BCUT2D eigenvalue weighted by atomic mass is 16.2. The van der Waals surface area contributed by atoms with Crippen LogP contribution in [0.5, 0.6) is 0 Å². The molecule has 3 amide bonds. The maximum Gasteiger partial charge on any atom is 0.321 e. The predicted molar refractivity (Wildman–Crippen MR) is 54.9 cm³/mol. The summed E-state index contributed by atoms with van der Waals surface area (Å²) < 4.78 is 0. The first kappa shape index (κ1) is 11.2. The molecule has 0 radical (unpaired) electrons. The van der Waals surface area contributed by atoms with Gasteiger partial charge in [0.2, 0.25) is 5.91 Å². The average molecular weight is 207 g/mol. The van der Waals surface area contributed by atoms with Crippen LogP contribution >= 0.6 is 0 Å². The van der Waals surface area contributed by atoms with Gasteiger partial charge in [-0.05, 0) is 18.6 Å². The summed E-state index contributed by atoms with van der Waals surface area (Å²) >= 11 is 0. The maximum absolute atomic E-state index is 11.4. The molecule has 0 aliphatic rings. The molecule has 5 nitrogen and oxygen atoms in total. The summed E-state index contributed by atoms with van der Waals surface area (Å²) in [5.74, 6) is -0.298. The zero-order valence-corrected chi connectivity index (χ0v) is 8.51. The number of carbonyl (C=O) groups is 2. The highest BCUT2D eigenvalue weighted by Gasteiger charge is 2.12. The molecular formula is C10H13N3O2. The Hall–Kier alpha value is -1.91. The van der Waals surface area contributed by atoms with E-state index in [1.165, 1.54) is 7.05 Å². The van der Waals surface area contributed by atoms with E-state index in [4.69, 9.17) is 5.73 Å². The Labute approximate surface area is 87.9 Å². The summed E-state index contributed by atoms with van der Waals surface area (Å²) in [6.45, 7) is 0. The first-order chi connectivity index (χ1) is 7.11. The van der Waals surface area contributed by atoms with E-state index >= 15 is 0 Å². The van der Waals surface area contributed by atoms with Crippen LogP contribution in [0.1, 0.15) is 12.1 Å². The second kappa shape index (κ2) is 5.09. The van der Waals surface area contributed by atoms with Crippen molar-refractivity contribution in [3.05, 3.63) is 30.1 Å². The summed E-state index contributed by atoms with van der Waals surface area (Å²) in [6.07, 6.45) is 2.41. The molecule has 0 unspecified atom stereocenters. The summed E-state index contributed by atoms with van der Waals surface area (Å²) in [6, 6.07) is 4.75. The van der Waals surface area contributed by atoms with Crippen LogP contribution in [0.25, 0.3) is 0 Å². The zero-order chi connectivity index (χ0) is 11.3. The van der Waals surface area contributed by atoms with Crippen LogP contribution in [0.3, 0.4) is 0 Å². The quantitative estimate of drug-likeness (QED) is 0.786. The number of aryl methyl sites for hydroxylation is 1. The molecular weight excluding hydrogens is 194 g/mol. The predicted octanol–water partition coefficient (Wildman–Crippen LogP) is 0.551. The Bertz CT molecular complexity index is 351. The lowest BCUT2D eigenvalue weighted by molar-refractivity contribution is -0.127. The van der Waals surface area contributed by atoms with Crippen molar-refractivity contribution < 1.29 is 9.59 Å². The number of nitrogens with two attached hydrogens (primary N) is 1. The van der Waals surface area contributed by atoms with E-state index in [2.05, 4.69) is 4.98 Å². The molecule has 15 heavy (non-hydrogen) atoms. The number of imide groups is 1. The molecule has 0 aromatic carbocycles. The number of urea groups is 1. The van der Waals surface area contributed by atoms with E-state index in [9.17, 15) is 9.59 Å². The summed E-state index contributed by atoms with van der Waals surface area (Å²) in [7, 11) is 1.36. The molecule has 5 heteroatoms. The van der Waals surface area contributed by atoms with Gasteiger partial charge in [-0.25, -0.2) is 4.79 Å². The van der Waals surface area contributed by atoms with Gasteiger partial charge in [0.1, 0.15) is 0 Å². The van der Waals surface area contributed by atoms with Crippen LogP contribution in [0.15, 0.2) is 24.4 Å². The fourth-order valence-electron chi connectivity index (χ4n) is 1.07. The molecule has 0 aliphatic heterocycles. The van der Waals surface area contributed by atoms with Crippen molar-refractivity contribution in [1.29, 1.82) is 0 Å². The van der Waals surface area contributed by atoms with E-state index in [1.807, 2.05) is 12.1 Å². The third kappa shape index (κ3) is 3.38. The maximum atomic E-state index is 11.4. The lowest BCUT2D eigenvalue weighted by Crippen LogP contribution is -2.37. The average Bonchev–Trinajstić information content (AvgIpc) is 2.26. The van der Waals surface area contributed by atoms with Gasteiger partial charge in [0.25, 0.3) is 0 Å². The molecule has 1 rings (SSSR count). The minimum Gasteiger partial charge on any atom is -0.351 e. The zero-order valence-electron chi connectivity index (χ0n) is 8.51. The van der Waals surface area contributed by atoms with E-state index in [0.29, 0.717) is 6.42 Å². The van der Waals surface area contributed by atoms with Gasteiger partial charge in [0.05, 0.1) is 0 Å². The van der Waals surface area contributed by atoms with E-state index in [1.54, 1.807) is 12.3 Å². The van der Waals surface area contributed by atoms with Gasteiger partial charge in [-0.2, -0.15) is 0 Å². The van der Waals surface area contributed by atoms with Crippen LogP contribution in [0.2, 0.25) is 0 Å². The Morgan fingerprint density at radius 1 is 1.47 bits per heavy atom. The number of pyridine rings is 1. The van der Waals surface area contributed by atoms with Gasteiger partial charge in [-0.3, -0.25) is 14.7 Å². The highest BCUT2D eigenvalue weighted by molar-refractivity contribution is 5.93. The first-order valence-electron chi connectivity index (χ1n) is 4.57. The SMILES string of the molecule is CN(C(N)=O)C(=O)CCc1ccccn1. The van der Waals surface area contributed by atoms with Crippen molar-refractivity contribution in [2.45, 2.75) is 12.8 Å². The fraction of sp³-hybridized carbons (Fsp3) is 0.300. The highest BCUT2D eigenvalue weighted by Crippen LogP contribution is 2.00. The first-order valence-corrected chi connectivity index (χ1v) is 4.57. The standard InChI is InChI=1S/C10H13N3O2/c1-13(10(11)15)9(14)6-5-8-4-2-3-7-12-8/h2-4,7H,5-6H2,1H3,(H2,11,15). The van der Waals surface area contributed by atoms with Crippen molar-refractivity contribution in [2.75, 3.05) is 7.05 Å². The van der Waals surface area contributed by atoms with E-state index < -0.39 is 6.03 Å². The second-order valence-electron chi connectivity index (χ2n) is 3.11. The van der Waals surface area contributed by atoms with Gasteiger partial charge < -0.3 is 5.73 Å². The molecule has 2 N–H and O–H groups in total. The number of hydrogen-bond donors (Lipinski definition) is 1. The van der Waals surface area contributed by atoms with Crippen LogP contribution in [-0.2, 0) is 11.2 Å². The normalized spacial score (nSPS) is 9.67. The molecule has 0 saturated carbocycles. The molecule has 0 spiro atoms. The molecule has 0 atom stereocenters. The lowest BCUT2D eigenvalue weighted by atomic mass is 10.2. The van der Waals surface area contributed by atoms with Crippen molar-refractivity contribution in [3.8, 4) is 0 Å². The van der Waals surface area contributed by atoms with Crippen molar-refractivity contribution >= 4 is 11.9 Å². The van der Waals surface area contributed by atoms with Gasteiger partial charge >= 0.3 is 6.03 Å². The number of aromatic nitrogens is 1. The lowest BCUT2D eigenvalue weighted by Gasteiger charge is -2.11. The summed E-state index contributed by atoms with van der Waals surface area (Å²) in [4.78, 5) is 27.0. The minimum absolute atomic E-state index is 0.233. The topological polar surface area (TPSA) is 76.3 Å². The summed E-state index contributed by atoms with van der Waals surface area (Å²) in [5.41, 5.74) is 5.78. The Morgan fingerprint density at radius 3 is 2.73 bits per heavy atom. The second-order valence-corrected chi connectivity index (χ2v) is 3.11. The van der Waals surface area contributed by atoms with Crippen LogP contribution in [-0.4, -0.2) is 28.9 Å². The Kier molecular flexibility index (Phi) is 3.79. The van der Waals surface area contributed by atoms with Crippen LogP contribution in [0.4, 0.5) is 4.79 Å². The Balaban J connectivity index is 2.44. The molecule has 80 valence electrons. The molecule has 1 aromatic rings. The third-order valence-corrected chi connectivity index (χ3v) is 2.03. The third-order valence-electron chi connectivity index (χ3n) is 2.03. The molecule has 0 bridgehead atoms. The number of carbonyl (C=O) groups excluding carboxylic acids is 2. The molecule has 1 heterocycles. The van der Waals surface area contributed by atoms with Crippen LogP contribution in [0, 0.1) is 0 Å². The number of primary amides is 1. The van der Waals surface area contributed by atoms with Crippen molar-refractivity contribution in [1.82, 2.24) is 9.88 Å². The van der Waals surface area contributed by atoms with Crippen LogP contribution < -0.4 is 5.73 Å². The number of amides is 3. The van der Waals surface area contributed by atoms with Gasteiger partial charge in [-0.1, -0.05) is 6.07 Å². The number of rotatable bonds is 3. The number of hydrogen-bond acceptors (Lipinski definition) is 3. The van der Waals surface area contributed by atoms with E-state index in [-0.39, 0.29) is 12.3 Å². The van der Waals surface area contributed by atoms with Gasteiger partial charge in [0, 0.05) is 25.4 Å². The van der Waals surface area contributed by atoms with Gasteiger partial charge in [0.15, 0.2) is 0 Å². The summed E-state index contributed by atoms with van der Waals surface area (Å²) in [5, 5.41) is 0. The number of nitrogens with zero attached hydrogens (tertiary/aromatic N) is 2.